The molecule has 103 valence electrons. The zero-order valence-electron chi connectivity index (χ0n) is 10.8. The first-order valence-electron chi connectivity index (χ1n) is 5.94. The smallest absolute Gasteiger partial charge is 0.419 e. The molecule has 0 saturated heterocycles. The molecule has 4 nitrogen and oxygen atoms in total. The van der Waals surface area contributed by atoms with Crippen molar-refractivity contribution in [2.24, 2.45) is 0 Å². The molecule has 0 aliphatic carbocycles. The van der Waals surface area contributed by atoms with Crippen molar-refractivity contribution in [1.82, 2.24) is 0 Å². The summed E-state index contributed by atoms with van der Waals surface area (Å²) in [5, 5.41) is 0. The second-order valence-corrected chi connectivity index (χ2v) is 6.29. The molecule has 0 saturated carbocycles. The molecule has 0 aliphatic heterocycles. The van der Waals surface area contributed by atoms with Crippen molar-refractivity contribution in [3.63, 3.8) is 0 Å². The van der Waals surface area contributed by atoms with Crippen LogP contribution in [0.5, 0.6) is 0 Å². The van der Waals surface area contributed by atoms with Gasteiger partial charge in [0.2, 0.25) is 15.3 Å². The number of ether oxygens (including phenoxy) is 1. The third-order valence-corrected chi connectivity index (χ3v) is 4.72. The van der Waals surface area contributed by atoms with Gasteiger partial charge in [0.15, 0.2) is 0 Å². The van der Waals surface area contributed by atoms with Crippen molar-refractivity contribution in [3.8, 4) is 0 Å². The van der Waals surface area contributed by atoms with Gasteiger partial charge >= 0.3 is 6.47 Å². The highest BCUT2D eigenvalue weighted by Crippen LogP contribution is 2.29. The Morgan fingerprint density at radius 1 is 1.00 bits per heavy atom. The molecule has 0 fully saturated rings. The maximum Gasteiger partial charge on any atom is 0.419 e. The van der Waals surface area contributed by atoms with E-state index in [9.17, 15) is 13.2 Å². The van der Waals surface area contributed by atoms with Crippen LogP contribution in [0, 0.1) is 6.92 Å². The van der Waals surface area contributed by atoms with E-state index < -0.39 is 15.3 Å². The maximum absolute atomic E-state index is 12.5. The van der Waals surface area contributed by atoms with E-state index >= 15 is 0 Å². The zero-order chi connectivity index (χ0) is 14.6. The lowest BCUT2D eigenvalue weighted by atomic mass is 10.2. The van der Waals surface area contributed by atoms with E-state index in [1.807, 2.05) is 6.92 Å². The van der Waals surface area contributed by atoms with Crippen LogP contribution in [0.25, 0.3) is 0 Å². The maximum atomic E-state index is 12.5. The highest BCUT2D eigenvalue weighted by Gasteiger charge is 2.30. The van der Waals surface area contributed by atoms with Crippen LogP contribution >= 0.6 is 0 Å². The molecule has 1 atom stereocenters. The van der Waals surface area contributed by atoms with Gasteiger partial charge in [0.25, 0.3) is 0 Å². The van der Waals surface area contributed by atoms with Gasteiger partial charge in [-0.05, 0) is 19.1 Å². The second-order valence-electron chi connectivity index (χ2n) is 4.30. The number of sulfone groups is 1. The first-order chi connectivity index (χ1) is 9.55. The van der Waals surface area contributed by atoms with E-state index in [1.54, 1.807) is 42.5 Å². The molecule has 0 bridgehead atoms. The third kappa shape index (κ3) is 2.88. The van der Waals surface area contributed by atoms with Crippen LogP contribution in [0.2, 0.25) is 0 Å². The first kappa shape index (κ1) is 14.3. The molecule has 0 spiro atoms. The summed E-state index contributed by atoms with van der Waals surface area (Å²) in [7, 11) is -3.82. The quantitative estimate of drug-likeness (QED) is 0.848. The van der Waals surface area contributed by atoms with Crippen molar-refractivity contribution in [1.29, 1.82) is 0 Å². The molecule has 1 radical (unpaired) electrons. The predicted molar refractivity (Wildman–Crippen MR) is 74.3 cm³/mol. The summed E-state index contributed by atoms with van der Waals surface area (Å²) in [6, 6.07) is 14.7. The summed E-state index contributed by atoms with van der Waals surface area (Å²) in [5.41, 5.74) is -0.0524. The summed E-state index contributed by atoms with van der Waals surface area (Å²) < 4.78 is 29.7. The molecular formula is C15H13O4S. The number of hydrogen-bond donors (Lipinski definition) is 0. The summed E-state index contributed by atoms with van der Waals surface area (Å²) in [5.74, 6) is 0. The molecule has 0 amide bonds. The average Bonchev–Trinajstić information content (AvgIpc) is 2.46. The van der Waals surface area contributed by atoms with Gasteiger partial charge in [0.1, 0.15) is 0 Å². The van der Waals surface area contributed by atoms with Crippen molar-refractivity contribution < 1.29 is 17.9 Å². The van der Waals surface area contributed by atoms with Crippen LogP contribution in [0.15, 0.2) is 59.5 Å². The molecule has 0 aliphatic rings. The van der Waals surface area contributed by atoms with Gasteiger partial charge in [-0.3, -0.25) is 0 Å². The number of aryl methyl sites for hydroxylation is 1. The van der Waals surface area contributed by atoms with Gasteiger partial charge in [-0.25, -0.2) is 13.2 Å². The minimum absolute atomic E-state index is 0.104. The normalized spacial score (nSPS) is 12.7. The summed E-state index contributed by atoms with van der Waals surface area (Å²) in [4.78, 5) is 10.6. The molecule has 20 heavy (non-hydrogen) atoms. The van der Waals surface area contributed by atoms with Crippen LogP contribution in [0.3, 0.4) is 0 Å². The minimum Gasteiger partial charge on any atom is -0.432 e. The Hall–Kier alpha value is -2.14. The van der Waals surface area contributed by atoms with E-state index in [4.69, 9.17) is 0 Å². The Balaban J connectivity index is 2.48. The van der Waals surface area contributed by atoms with E-state index in [0.717, 1.165) is 5.56 Å². The third-order valence-electron chi connectivity index (χ3n) is 2.86. The molecule has 0 aromatic heterocycles. The summed E-state index contributed by atoms with van der Waals surface area (Å²) in [6.45, 7) is 3.09. The Bertz CT molecular complexity index is 676. The summed E-state index contributed by atoms with van der Waals surface area (Å²) >= 11 is 0. The van der Waals surface area contributed by atoms with Crippen LogP contribution in [-0.4, -0.2) is 14.9 Å². The van der Waals surface area contributed by atoms with Crippen molar-refractivity contribution >= 4 is 16.3 Å². The van der Waals surface area contributed by atoms with Crippen LogP contribution in [0.4, 0.5) is 0 Å². The monoisotopic (exact) mass is 289 g/mol. The Labute approximate surface area is 117 Å². The largest absolute Gasteiger partial charge is 0.432 e. The fourth-order valence-corrected chi connectivity index (χ4v) is 3.26. The average molecular weight is 289 g/mol. The number of carbonyl (C=O) groups excluding carboxylic acids is 1. The number of rotatable bonds is 5. The van der Waals surface area contributed by atoms with Crippen molar-refractivity contribution in [2.45, 2.75) is 17.3 Å². The molecule has 5 heteroatoms. The fraction of sp³-hybridized carbons (Fsp3) is 0.133. The van der Waals surface area contributed by atoms with Crippen LogP contribution in [-0.2, 0) is 19.4 Å². The van der Waals surface area contributed by atoms with Gasteiger partial charge in [-0.15, -0.1) is 0 Å². The van der Waals surface area contributed by atoms with Gasteiger partial charge in [0, 0.05) is 5.56 Å². The molecule has 0 heterocycles. The lowest BCUT2D eigenvalue weighted by Crippen LogP contribution is -2.16. The van der Waals surface area contributed by atoms with E-state index in [0.29, 0.717) is 5.56 Å². The molecule has 0 N–H and O–H groups in total. The zero-order valence-corrected chi connectivity index (χ0v) is 11.6. The first-order valence-corrected chi connectivity index (χ1v) is 7.48. The molecule has 1 unspecified atom stereocenters. The van der Waals surface area contributed by atoms with E-state index in [-0.39, 0.29) is 4.90 Å². The fourth-order valence-electron chi connectivity index (χ4n) is 1.82. The Morgan fingerprint density at radius 3 is 2.15 bits per heavy atom. The van der Waals surface area contributed by atoms with Crippen LogP contribution < -0.4 is 0 Å². The van der Waals surface area contributed by atoms with Gasteiger partial charge < -0.3 is 4.74 Å². The van der Waals surface area contributed by atoms with Crippen LogP contribution in [0.1, 0.15) is 16.6 Å². The highest BCUT2D eigenvalue weighted by atomic mass is 32.2. The SMILES string of the molecule is Cc1ccc(S(=O)(=O)C(O[C]=O)c2ccccc2)cc1. The summed E-state index contributed by atoms with van der Waals surface area (Å²) in [6.07, 6.45) is 0. The minimum atomic E-state index is -3.82. The standard InChI is InChI=1S/C15H13O4S/c1-12-7-9-14(10-8-12)20(17,18)15(19-11-16)13-5-3-2-4-6-13/h2-10,15H,1H3. The molecular weight excluding hydrogens is 276 g/mol. The Morgan fingerprint density at radius 2 is 1.60 bits per heavy atom. The predicted octanol–water partition coefficient (Wildman–Crippen LogP) is 2.55. The lowest BCUT2D eigenvalue weighted by molar-refractivity contribution is 0.245. The van der Waals surface area contributed by atoms with Gasteiger partial charge in [-0.2, -0.15) is 0 Å². The van der Waals surface area contributed by atoms with E-state index in [1.165, 1.54) is 18.6 Å². The molecule has 2 aromatic carbocycles. The van der Waals surface area contributed by atoms with Crippen molar-refractivity contribution in [3.05, 3.63) is 65.7 Å². The second kappa shape index (κ2) is 5.88. The molecule has 2 rings (SSSR count). The lowest BCUT2D eigenvalue weighted by Gasteiger charge is -2.16. The molecule has 2 aromatic rings. The van der Waals surface area contributed by atoms with E-state index in [2.05, 4.69) is 4.74 Å². The van der Waals surface area contributed by atoms with Gasteiger partial charge in [-0.1, -0.05) is 48.0 Å². The topological polar surface area (TPSA) is 60.4 Å². The van der Waals surface area contributed by atoms with Crippen molar-refractivity contribution in [2.75, 3.05) is 0 Å². The Kier molecular flexibility index (Phi) is 4.20. The number of hydrogen-bond acceptors (Lipinski definition) is 4. The van der Waals surface area contributed by atoms with Gasteiger partial charge in [0.05, 0.1) is 4.90 Å². The highest BCUT2D eigenvalue weighted by molar-refractivity contribution is 7.91. The number of benzene rings is 2.